The minimum absolute atomic E-state index is 0. The minimum Gasteiger partial charge on any atom is -0.356 e. The maximum atomic E-state index is 12.4. The predicted octanol–water partition coefficient (Wildman–Crippen LogP) is 2.74. The zero-order valence-electron chi connectivity index (χ0n) is 16.8. The Balaban J connectivity index is 0.00000280. The molecule has 0 spiro atoms. The van der Waals surface area contributed by atoms with Crippen LogP contribution in [0.5, 0.6) is 0 Å². The van der Waals surface area contributed by atoms with Gasteiger partial charge in [-0.3, -0.25) is 14.7 Å². The second-order valence-electron chi connectivity index (χ2n) is 7.19. The first kappa shape index (κ1) is 22.4. The fourth-order valence-corrected chi connectivity index (χ4v) is 3.56. The summed E-state index contributed by atoms with van der Waals surface area (Å²) in [4.78, 5) is 32.8. The molecule has 3 rings (SSSR count). The van der Waals surface area contributed by atoms with Crippen molar-refractivity contribution in [2.24, 2.45) is 4.99 Å². The first-order valence-electron chi connectivity index (χ1n) is 9.78. The van der Waals surface area contributed by atoms with Crippen LogP contribution in [0.15, 0.2) is 29.3 Å². The summed E-state index contributed by atoms with van der Waals surface area (Å²) >= 11 is 0. The first-order chi connectivity index (χ1) is 13.0. The quantitative estimate of drug-likeness (QED) is 0.208. The van der Waals surface area contributed by atoms with E-state index in [1.54, 1.807) is 6.92 Å². The van der Waals surface area contributed by atoms with Gasteiger partial charge in [0.2, 0.25) is 0 Å². The van der Waals surface area contributed by atoms with Crippen LogP contribution in [0.3, 0.4) is 0 Å². The highest BCUT2D eigenvalue weighted by Crippen LogP contribution is 2.27. The van der Waals surface area contributed by atoms with Gasteiger partial charge < -0.3 is 15.5 Å². The van der Waals surface area contributed by atoms with Crippen LogP contribution in [0.4, 0.5) is 10.5 Å². The molecule has 0 aliphatic carbocycles. The lowest BCUT2D eigenvalue weighted by Crippen LogP contribution is -2.43. The van der Waals surface area contributed by atoms with Gasteiger partial charge in [0.15, 0.2) is 5.96 Å². The van der Waals surface area contributed by atoms with Crippen LogP contribution in [0.25, 0.3) is 0 Å². The Morgan fingerprint density at radius 1 is 1.29 bits per heavy atom. The van der Waals surface area contributed by atoms with Gasteiger partial charge in [-0.2, -0.15) is 0 Å². The molecular formula is C20H30IN5O2. The van der Waals surface area contributed by atoms with Crippen LogP contribution < -0.4 is 15.5 Å². The topological polar surface area (TPSA) is 77.0 Å². The Hall–Kier alpha value is -1.84. The molecule has 8 heteroatoms. The molecule has 28 heavy (non-hydrogen) atoms. The number of imide groups is 1. The number of urea groups is 1. The van der Waals surface area contributed by atoms with Crippen molar-refractivity contribution in [1.29, 1.82) is 0 Å². The molecule has 7 nitrogen and oxygen atoms in total. The summed E-state index contributed by atoms with van der Waals surface area (Å²) in [5.74, 6) is 0.720. The van der Waals surface area contributed by atoms with Crippen molar-refractivity contribution in [3.8, 4) is 0 Å². The number of aliphatic imine (C=N–C) groups is 1. The van der Waals surface area contributed by atoms with Crippen LogP contribution in [-0.4, -0.2) is 54.5 Å². The second kappa shape index (κ2) is 9.58. The van der Waals surface area contributed by atoms with Crippen molar-refractivity contribution < 1.29 is 9.59 Å². The van der Waals surface area contributed by atoms with Crippen molar-refractivity contribution in [2.45, 2.75) is 45.6 Å². The van der Waals surface area contributed by atoms with E-state index in [0.29, 0.717) is 25.9 Å². The summed E-state index contributed by atoms with van der Waals surface area (Å²) in [6.45, 7) is 8.38. The third kappa shape index (κ3) is 4.42. The zero-order valence-corrected chi connectivity index (χ0v) is 19.2. The summed E-state index contributed by atoms with van der Waals surface area (Å²) in [5.41, 5.74) is 1.76. The number of hydrogen-bond donors (Lipinski definition) is 2. The Morgan fingerprint density at radius 3 is 2.71 bits per heavy atom. The number of amides is 3. The smallest absolute Gasteiger partial charge is 0.325 e. The van der Waals surface area contributed by atoms with Gasteiger partial charge in [-0.25, -0.2) is 4.79 Å². The molecule has 0 bridgehead atoms. The van der Waals surface area contributed by atoms with E-state index in [9.17, 15) is 9.59 Å². The highest BCUT2D eigenvalue weighted by atomic mass is 127. The fourth-order valence-electron chi connectivity index (χ4n) is 3.56. The van der Waals surface area contributed by atoms with E-state index in [0.717, 1.165) is 25.5 Å². The summed E-state index contributed by atoms with van der Waals surface area (Å²) in [7, 11) is 0. The number of guanidine groups is 1. The summed E-state index contributed by atoms with van der Waals surface area (Å²) in [6, 6.07) is 8.08. The number of carbonyl (C=O) groups is 2. The van der Waals surface area contributed by atoms with Crippen LogP contribution in [0, 0.1) is 0 Å². The van der Waals surface area contributed by atoms with Gasteiger partial charge in [0.25, 0.3) is 5.91 Å². The van der Waals surface area contributed by atoms with Crippen molar-refractivity contribution in [3.05, 3.63) is 29.8 Å². The predicted molar refractivity (Wildman–Crippen MR) is 122 cm³/mol. The highest BCUT2D eigenvalue weighted by Gasteiger charge is 2.45. The van der Waals surface area contributed by atoms with Crippen LogP contribution in [0.2, 0.25) is 0 Å². The Bertz CT molecular complexity index is 754. The number of para-hydroxylation sites is 1. The molecule has 2 heterocycles. The molecular weight excluding hydrogens is 469 g/mol. The fraction of sp³-hybridized carbons (Fsp3) is 0.550. The van der Waals surface area contributed by atoms with E-state index in [-0.39, 0.29) is 35.9 Å². The van der Waals surface area contributed by atoms with Gasteiger partial charge in [0.05, 0.1) is 0 Å². The average molecular weight is 499 g/mol. The third-order valence-electron chi connectivity index (χ3n) is 5.33. The van der Waals surface area contributed by atoms with Crippen molar-refractivity contribution in [1.82, 2.24) is 15.5 Å². The van der Waals surface area contributed by atoms with Crippen molar-refractivity contribution in [3.63, 3.8) is 0 Å². The lowest BCUT2D eigenvalue weighted by atomic mass is 9.99. The molecule has 1 unspecified atom stereocenters. The second-order valence-corrected chi connectivity index (χ2v) is 7.19. The van der Waals surface area contributed by atoms with E-state index in [4.69, 9.17) is 4.99 Å². The molecule has 0 saturated carbocycles. The molecule has 154 valence electrons. The SMILES string of the molecule is CCNC(=NCCCN1C(=O)NC(C)(CC)C1=O)N1CCc2ccccc21.I. The van der Waals surface area contributed by atoms with Crippen LogP contribution >= 0.6 is 24.0 Å². The number of rotatable bonds is 6. The van der Waals surface area contributed by atoms with E-state index >= 15 is 0 Å². The van der Waals surface area contributed by atoms with Gasteiger partial charge >= 0.3 is 6.03 Å². The summed E-state index contributed by atoms with van der Waals surface area (Å²) in [6.07, 6.45) is 2.24. The molecule has 3 amide bonds. The number of hydrogen-bond acceptors (Lipinski definition) is 3. The zero-order chi connectivity index (χ0) is 19.4. The molecule has 1 saturated heterocycles. The van der Waals surface area contributed by atoms with Gasteiger partial charge in [-0.15, -0.1) is 24.0 Å². The van der Waals surface area contributed by atoms with E-state index in [2.05, 4.69) is 40.7 Å². The number of halogens is 1. The number of nitrogens with zero attached hydrogens (tertiary/aromatic N) is 3. The number of benzene rings is 1. The van der Waals surface area contributed by atoms with E-state index in [1.165, 1.54) is 16.2 Å². The molecule has 1 fully saturated rings. The lowest BCUT2D eigenvalue weighted by Gasteiger charge is -2.22. The number of nitrogens with one attached hydrogen (secondary N) is 2. The molecule has 1 aromatic carbocycles. The molecule has 2 N–H and O–H groups in total. The van der Waals surface area contributed by atoms with Gasteiger partial charge in [-0.05, 0) is 44.7 Å². The van der Waals surface area contributed by atoms with E-state index < -0.39 is 5.54 Å². The van der Waals surface area contributed by atoms with Crippen LogP contribution in [0.1, 0.15) is 39.2 Å². The number of fused-ring (bicyclic) bond motifs is 1. The maximum Gasteiger partial charge on any atom is 0.325 e. The Morgan fingerprint density at radius 2 is 2.04 bits per heavy atom. The Kier molecular flexibility index (Phi) is 7.68. The maximum absolute atomic E-state index is 12.4. The average Bonchev–Trinajstić information content (AvgIpc) is 3.18. The number of anilines is 1. The molecule has 2 aliphatic heterocycles. The Labute approximate surface area is 184 Å². The monoisotopic (exact) mass is 499 g/mol. The first-order valence-corrected chi connectivity index (χ1v) is 9.78. The van der Waals surface area contributed by atoms with E-state index in [1.807, 2.05) is 13.0 Å². The lowest BCUT2D eigenvalue weighted by molar-refractivity contribution is -0.130. The highest BCUT2D eigenvalue weighted by molar-refractivity contribution is 14.0. The largest absolute Gasteiger partial charge is 0.356 e. The summed E-state index contributed by atoms with van der Waals surface area (Å²) in [5, 5.41) is 6.14. The van der Waals surface area contributed by atoms with Gasteiger partial charge in [0, 0.05) is 31.9 Å². The molecule has 1 atom stereocenters. The third-order valence-corrected chi connectivity index (χ3v) is 5.33. The molecule has 0 radical (unpaired) electrons. The standard InChI is InChI=1S/C20H29N5O2.HI/c1-4-20(3)17(26)25(19(27)23-20)13-8-12-22-18(21-5-2)24-14-11-15-9-6-7-10-16(15)24;/h6-7,9-10H,4-5,8,11-14H2,1-3H3,(H,21,22)(H,23,27);1H. The molecule has 1 aromatic rings. The van der Waals surface area contributed by atoms with Gasteiger partial charge in [0.1, 0.15) is 5.54 Å². The van der Waals surface area contributed by atoms with Crippen molar-refractivity contribution in [2.75, 3.05) is 31.1 Å². The van der Waals surface area contributed by atoms with Gasteiger partial charge in [-0.1, -0.05) is 25.1 Å². The molecule has 2 aliphatic rings. The number of carbonyl (C=O) groups excluding carboxylic acids is 2. The van der Waals surface area contributed by atoms with Crippen molar-refractivity contribution >= 4 is 47.6 Å². The normalized spacial score (nSPS) is 21.5. The summed E-state index contributed by atoms with van der Waals surface area (Å²) < 4.78 is 0. The molecule has 0 aromatic heterocycles. The minimum atomic E-state index is -0.769. The van der Waals surface area contributed by atoms with Crippen LogP contribution in [-0.2, 0) is 11.2 Å².